The van der Waals surface area contributed by atoms with E-state index in [9.17, 15) is 0 Å². The molecule has 0 saturated carbocycles. The van der Waals surface area contributed by atoms with E-state index in [2.05, 4.69) is 4.98 Å². The fourth-order valence-corrected chi connectivity index (χ4v) is 3.54. The van der Waals surface area contributed by atoms with Crippen molar-refractivity contribution in [2.75, 3.05) is 21.3 Å². The van der Waals surface area contributed by atoms with Crippen molar-refractivity contribution in [3.63, 3.8) is 0 Å². The van der Waals surface area contributed by atoms with E-state index in [-0.39, 0.29) is 0 Å². The molecule has 0 aliphatic rings. The highest BCUT2D eigenvalue weighted by Gasteiger charge is 2.22. The van der Waals surface area contributed by atoms with Crippen LogP contribution in [-0.2, 0) is 0 Å². The summed E-state index contributed by atoms with van der Waals surface area (Å²) in [5, 5.41) is 0.682. The van der Waals surface area contributed by atoms with Gasteiger partial charge in [-0.2, -0.15) is 0 Å². The molecule has 0 atom stereocenters. The molecule has 5 nitrogen and oxygen atoms in total. The molecule has 0 aliphatic heterocycles. The normalized spacial score (nSPS) is 10.7. The number of aromatic amines is 1. The maximum absolute atomic E-state index is 6.09. The number of benzene rings is 3. The van der Waals surface area contributed by atoms with Gasteiger partial charge in [-0.25, -0.2) is 4.98 Å². The minimum Gasteiger partial charge on any atom is -0.493 e. The second kappa shape index (κ2) is 8.51. The summed E-state index contributed by atoms with van der Waals surface area (Å²) in [6, 6.07) is 21.4. The van der Waals surface area contributed by atoms with E-state index in [4.69, 9.17) is 30.8 Å². The molecule has 1 N–H and O–H groups in total. The van der Waals surface area contributed by atoms with E-state index < -0.39 is 0 Å². The number of nitrogens with zero attached hydrogens (tertiary/aromatic N) is 1. The largest absolute Gasteiger partial charge is 0.493 e. The summed E-state index contributed by atoms with van der Waals surface area (Å²) in [7, 11) is 4.78. The Bertz CT molecular complexity index is 1160. The first-order chi connectivity index (χ1) is 14.7. The third kappa shape index (κ3) is 3.60. The molecule has 0 bridgehead atoms. The molecule has 152 valence electrons. The maximum atomic E-state index is 6.09. The maximum Gasteiger partial charge on any atom is 0.204 e. The van der Waals surface area contributed by atoms with E-state index in [0.29, 0.717) is 28.1 Å². The van der Waals surface area contributed by atoms with Gasteiger partial charge >= 0.3 is 0 Å². The first-order valence-electron chi connectivity index (χ1n) is 9.37. The molecule has 0 fully saturated rings. The van der Waals surface area contributed by atoms with Gasteiger partial charge in [0.1, 0.15) is 5.82 Å². The fourth-order valence-electron chi connectivity index (χ4n) is 3.42. The van der Waals surface area contributed by atoms with Gasteiger partial charge in [0.15, 0.2) is 11.5 Å². The summed E-state index contributed by atoms with van der Waals surface area (Å²) >= 11 is 6.09. The minimum absolute atomic E-state index is 0.517. The average Bonchev–Trinajstić information content (AvgIpc) is 3.24. The third-order valence-electron chi connectivity index (χ3n) is 4.84. The van der Waals surface area contributed by atoms with Gasteiger partial charge in [0, 0.05) is 16.1 Å². The van der Waals surface area contributed by atoms with Crippen molar-refractivity contribution >= 4 is 11.6 Å². The lowest BCUT2D eigenvalue weighted by Gasteiger charge is -2.14. The Hall–Kier alpha value is -3.44. The number of H-pyrrole nitrogens is 1. The van der Waals surface area contributed by atoms with Gasteiger partial charge in [-0.3, -0.25) is 0 Å². The van der Waals surface area contributed by atoms with Crippen molar-refractivity contribution in [1.29, 1.82) is 0 Å². The van der Waals surface area contributed by atoms with Crippen molar-refractivity contribution in [2.45, 2.75) is 0 Å². The molecule has 1 heterocycles. The first-order valence-corrected chi connectivity index (χ1v) is 9.74. The summed E-state index contributed by atoms with van der Waals surface area (Å²) in [4.78, 5) is 8.39. The van der Waals surface area contributed by atoms with Crippen LogP contribution in [0, 0.1) is 0 Å². The Morgan fingerprint density at radius 1 is 0.733 bits per heavy atom. The topological polar surface area (TPSA) is 56.4 Å². The van der Waals surface area contributed by atoms with Crippen molar-refractivity contribution in [2.24, 2.45) is 0 Å². The minimum atomic E-state index is 0.517. The monoisotopic (exact) mass is 420 g/mol. The van der Waals surface area contributed by atoms with Crippen LogP contribution in [0.5, 0.6) is 17.2 Å². The second-order valence-corrected chi connectivity index (χ2v) is 7.00. The average molecular weight is 421 g/mol. The number of rotatable bonds is 6. The molecule has 1 aromatic heterocycles. The van der Waals surface area contributed by atoms with Crippen molar-refractivity contribution in [3.05, 3.63) is 71.8 Å². The van der Waals surface area contributed by atoms with Gasteiger partial charge in [0.25, 0.3) is 0 Å². The number of ether oxygens (including phenoxy) is 3. The standard InChI is InChI=1S/C24H21ClN2O3/c1-28-19-14-13-18(22(29-2)23(19)30-3)24-26-20(15-7-5-4-6-8-15)21(27-24)16-9-11-17(25)12-10-16/h4-14H,1-3H3,(H,26,27). The van der Waals surface area contributed by atoms with Crippen LogP contribution in [0.1, 0.15) is 0 Å². The van der Waals surface area contributed by atoms with E-state index in [1.54, 1.807) is 21.3 Å². The molecule has 0 aliphatic carbocycles. The van der Waals surface area contributed by atoms with Gasteiger partial charge < -0.3 is 19.2 Å². The summed E-state index contributed by atoms with van der Waals surface area (Å²) in [5.74, 6) is 2.32. The van der Waals surface area contributed by atoms with E-state index in [1.165, 1.54) is 0 Å². The highest BCUT2D eigenvalue weighted by atomic mass is 35.5. The Balaban J connectivity index is 1.94. The highest BCUT2D eigenvalue weighted by Crippen LogP contribution is 2.44. The zero-order chi connectivity index (χ0) is 21.1. The Morgan fingerprint density at radius 3 is 2.07 bits per heavy atom. The number of methoxy groups -OCH3 is 3. The molecule has 0 radical (unpaired) electrons. The van der Waals surface area contributed by atoms with E-state index >= 15 is 0 Å². The molecule has 0 amide bonds. The van der Waals surface area contributed by atoms with Crippen LogP contribution < -0.4 is 14.2 Å². The van der Waals surface area contributed by atoms with Gasteiger partial charge in [0.05, 0.1) is 38.3 Å². The quantitative estimate of drug-likeness (QED) is 0.410. The lowest BCUT2D eigenvalue weighted by Crippen LogP contribution is -1.97. The number of imidazole rings is 1. The van der Waals surface area contributed by atoms with Gasteiger partial charge in [-0.1, -0.05) is 54.1 Å². The molecular formula is C24H21ClN2O3. The van der Waals surface area contributed by atoms with Crippen LogP contribution in [0.25, 0.3) is 33.9 Å². The molecule has 4 rings (SSSR count). The number of aromatic nitrogens is 2. The lowest BCUT2D eigenvalue weighted by molar-refractivity contribution is 0.325. The highest BCUT2D eigenvalue weighted by molar-refractivity contribution is 6.30. The van der Waals surface area contributed by atoms with Crippen molar-refractivity contribution in [1.82, 2.24) is 9.97 Å². The van der Waals surface area contributed by atoms with Crippen LogP contribution in [-0.4, -0.2) is 31.3 Å². The molecule has 6 heteroatoms. The molecular weight excluding hydrogens is 400 g/mol. The van der Waals surface area contributed by atoms with E-state index in [1.807, 2.05) is 66.7 Å². The van der Waals surface area contributed by atoms with Crippen LogP contribution >= 0.6 is 11.6 Å². The zero-order valence-electron chi connectivity index (χ0n) is 16.9. The SMILES string of the molecule is COc1ccc(-c2nc(-c3ccccc3)c(-c3ccc(Cl)cc3)[nH]2)c(OC)c1OC. The molecule has 30 heavy (non-hydrogen) atoms. The van der Waals surface area contributed by atoms with Gasteiger partial charge in [0.2, 0.25) is 5.75 Å². The van der Waals surface area contributed by atoms with Crippen molar-refractivity contribution < 1.29 is 14.2 Å². The number of hydrogen-bond acceptors (Lipinski definition) is 4. The third-order valence-corrected chi connectivity index (χ3v) is 5.10. The van der Waals surface area contributed by atoms with Crippen molar-refractivity contribution in [3.8, 4) is 51.2 Å². The van der Waals surface area contributed by atoms with Crippen LogP contribution in [0.4, 0.5) is 0 Å². The molecule has 0 saturated heterocycles. The summed E-state index contributed by atoms with van der Waals surface area (Å²) in [6.45, 7) is 0. The Morgan fingerprint density at radius 2 is 1.43 bits per heavy atom. The molecule has 0 spiro atoms. The number of halogens is 1. The Kier molecular flexibility index (Phi) is 5.63. The van der Waals surface area contributed by atoms with E-state index in [0.717, 1.165) is 28.1 Å². The lowest BCUT2D eigenvalue weighted by atomic mass is 10.1. The molecule has 3 aromatic carbocycles. The van der Waals surface area contributed by atoms with Crippen LogP contribution in [0.2, 0.25) is 5.02 Å². The summed E-state index contributed by atoms with van der Waals surface area (Å²) in [5.41, 5.74) is 4.49. The molecule has 4 aromatic rings. The fraction of sp³-hybridized carbons (Fsp3) is 0.125. The summed E-state index contributed by atoms with van der Waals surface area (Å²) in [6.07, 6.45) is 0. The van der Waals surface area contributed by atoms with Gasteiger partial charge in [-0.15, -0.1) is 0 Å². The predicted octanol–water partition coefficient (Wildman–Crippen LogP) is 6.09. The molecule has 0 unspecified atom stereocenters. The zero-order valence-corrected chi connectivity index (χ0v) is 17.7. The van der Waals surface area contributed by atoms with Crippen LogP contribution in [0.15, 0.2) is 66.7 Å². The number of hydrogen-bond donors (Lipinski definition) is 1. The van der Waals surface area contributed by atoms with Gasteiger partial charge in [-0.05, 0) is 24.3 Å². The number of nitrogens with one attached hydrogen (secondary N) is 1. The first kappa shape index (κ1) is 19.9. The predicted molar refractivity (Wildman–Crippen MR) is 120 cm³/mol. The second-order valence-electron chi connectivity index (χ2n) is 6.56. The van der Waals surface area contributed by atoms with Crippen LogP contribution in [0.3, 0.4) is 0 Å². The summed E-state index contributed by atoms with van der Waals surface area (Å²) < 4.78 is 16.6. The Labute approximate surface area is 180 Å². The smallest absolute Gasteiger partial charge is 0.204 e.